The van der Waals surface area contributed by atoms with Gasteiger partial charge in [-0.05, 0) is 45.4 Å². The van der Waals surface area contributed by atoms with Crippen LogP contribution in [0.4, 0.5) is 0 Å². The van der Waals surface area contributed by atoms with Crippen LogP contribution >= 0.6 is 0 Å². The summed E-state index contributed by atoms with van der Waals surface area (Å²) in [5.41, 5.74) is 3.89. The van der Waals surface area contributed by atoms with Crippen molar-refractivity contribution in [3.8, 4) is 0 Å². The molecule has 17 heavy (non-hydrogen) atoms. The highest BCUT2D eigenvalue weighted by Gasteiger charge is 2.30. The molecule has 0 aromatic heterocycles. The monoisotopic (exact) mass is 238 g/mol. The molecule has 4 unspecified atom stereocenters. The summed E-state index contributed by atoms with van der Waals surface area (Å²) < 4.78 is 0. The lowest BCUT2D eigenvalue weighted by molar-refractivity contribution is 0.00977. The van der Waals surface area contributed by atoms with Gasteiger partial charge in [-0.15, -0.1) is 0 Å². The predicted molar refractivity (Wildman–Crippen MR) is 73.8 cm³/mol. The van der Waals surface area contributed by atoms with E-state index in [0.29, 0.717) is 0 Å². The van der Waals surface area contributed by atoms with E-state index in [2.05, 4.69) is 31.2 Å². The minimum atomic E-state index is 0.721. The smallest absolute Gasteiger partial charge is 0.0243 e. The first kappa shape index (κ1) is 13.4. The Labute approximate surface area is 107 Å². The van der Waals surface area contributed by atoms with E-state index in [0.717, 1.165) is 24.0 Å². The molecule has 1 aliphatic carbocycles. The van der Waals surface area contributed by atoms with E-state index in [4.69, 9.17) is 0 Å². The van der Waals surface area contributed by atoms with Gasteiger partial charge in [0.05, 0.1) is 0 Å². The highest BCUT2D eigenvalue weighted by Crippen LogP contribution is 2.29. The van der Waals surface area contributed by atoms with E-state index < -0.39 is 0 Å². The molecule has 4 atom stereocenters. The molecule has 1 saturated heterocycles. The van der Waals surface area contributed by atoms with Gasteiger partial charge in [-0.3, -0.25) is 5.43 Å². The Hall–Kier alpha value is -0.0800. The number of nitrogens with one attached hydrogen (secondary N) is 1. The van der Waals surface area contributed by atoms with Gasteiger partial charge >= 0.3 is 0 Å². The van der Waals surface area contributed by atoms with Crippen molar-refractivity contribution in [1.29, 1.82) is 0 Å². The third kappa shape index (κ3) is 3.23. The summed E-state index contributed by atoms with van der Waals surface area (Å²) in [6.45, 7) is 7.12. The van der Waals surface area contributed by atoms with Crippen molar-refractivity contribution >= 4 is 0 Å². The van der Waals surface area contributed by atoms with Crippen molar-refractivity contribution in [2.24, 2.45) is 5.92 Å². The largest absolute Gasteiger partial charge is 0.251 e. The Morgan fingerprint density at radius 1 is 0.941 bits per heavy atom. The van der Waals surface area contributed by atoms with Gasteiger partial charge in [0, 0.05) is 18.1 Å². The van der Waals surface area contributed by atoms with Crippen LogP contribution in [0.1, 0.15) is 72.1 Å². The van der Waals surface area contributed by atoms with E-state index in [1.807, 2.05) is 0 Å². The molecule has 2 aliphatic rings. The number of hydrogen-bond donors (Lipinski definition) is 1. The number of piperidine rings is 1. The van der Waals surface area contributed by atoms with Crippen LogP contribution in [0.2, 0.25) is 0 Å². The van der Waals surface area contributed by atoms with Gasteiger partial charge in [-0.2, -0.15) is 0 Å². The SMILES string of the molecule is CCC1CCCCC1NN1C(C)CCCC1C. The van der Waals surface area contributed by atoms with Gasteiger partial charge < -0.3 is 0 Å². The quantitative estimate of drug-likeness (QED) is 0.806. The second-order valence-corrected chi connectivity index (χ2v) is 6.22. The Kier molecular flexibility index (Phi) is 4.87. The maximum Gasteiger partial charge on any atom is 0.0243 e. The minimum absolute atomic E-state index is 0.721. The normalized spacial score (nSPS) is 40.4. The summed E-state index contributed by atoms with van der Waals surface area (Å²) in [5, 5.41) is 2.57. The van der Waals surface area contributed by atoms with Crippen molar-refractivity contribution in [3.63, 3.8) is 0 Å². The fraction of sp³-hybridized carbons (Fsp3) is 1.00. The fourth-order valence-corrected chi connectivity index (χ4v) is 3.73. The molecule has 0 aromatic carbocycles. The molecular weight excluding hydrogens is 208 g/mol. The fourth-order valence-electron chi connectivity index (χ4n) is 3.73. The van der Waals surface area contributed by atoms with E-state index in [9.17, 15) is 0 Å². The molecule has 0 spiro atoms. The number of hydrazine groups is 1. The maximum absolute atomic E-state index is 3.89. The summed E-state index contributed by atoms with van der Waals surface area (Å²) in [6, 6.07) is 2.19. The lowest BCUT2D eigenvalue weighted by Crippen LogP contribution is -2.57. The Morgan fingerprint density at radius 2 is 1.59 bits per heavy atom. The summed E-state index contributed by atoms with van der Waals surface area (Å²) >= 11 is 0. The molecule has 2 nitrogen and oxygen atoms in total. The van der Waals surface area contributed by atoms with Crippen LogP contribution in [0.25, 0.3) is 0 Å². The molecule has 0 aromatic rings. The molecule has 0 bridgehead atoms. The molecule has 100 valence electrons. The second kappa shape index (κ2) is 6.19. The Balaban J connectivity index is 1.93. The van der Waals surface area contributed by atoms with Gasteiger partial charge in [-0.1, -0.05) is 32.6 Å². The Morgan fingerprint density at radius 3 is 2.24 bits per heavy atom. The van der Waals surface area contributed by atoms with Crippen LogP contribution in [-0.2, 0) is 0 Å². The third-order valence-corrected chi connectivity index (χ3v) is 4.94. The molecule has 2 rings (SSSR count). The number of nitrogens with zero attached hydrogens (tertiary/aromatic N) is 1. The molecule has 1 N–H and O–H groups in total. The second-order valence-electron chi connectivity index (χ2n) is 6.22. The lowest BCUT2D eigenvalue weighted by Gasteiger charge is -2.44. The van der Waals surface area contributed by atoms with Crippen molar-refractivity contribution in [3.05, 3.63) is 0 Å². The number of rotatable bonds is 3. The topological polar surface area (TPSA) is 15.3 Å². The Bertz CT molecular complexity index is 219. The summed E-state index contributed by atoms with van der Waals surface area (Å²) in [6.07, 6.45) is 11.2. The van der Waals surface area contributed by atoms with E-state index >= 15 is 0 Å². The molecule has 1 saturated carbocycles. The van der Waals surface area contributed by atoms with E-state index in [1.54, 1.807) is 0 Å². The van der Waals surface area contributed by atoms with Crippen LogP contribution in [0, 0.1) is 5.92 Å². The molecule has 2 fully saturated rings. The van der Waals surface area contributed by atoms with Gasteiger partial charge in [-0.25, -0.2) is 5.01 Å². The molecule has 1 aliphatic heterocycles. The molecule has 1 heterocycles. The molecule has 0 amide bonds. The van der Waals surface area contributed by atoms with Crippen LogP contribution in [0.5, 0.6) is 0 Å². The van der Waals surface area contributed by atoms with Gasteiger partial charge in [0.25, 0.3) is 0 Å². The van der Waals surface area contributed by atoms with Gasteiger partial charge in [0.15, 0.2) is 0 Å². The zero-order valence-corrected chi connectivity index (χ0v) is 11.9. The van der Waals surface area contributed by atoms with Crippen molar-refractivity contribution < 1.29 is 0 Å². The number of hydrogen-bond acceptors (Lipinski definition) is 2. The van der Waals surface area contributed by atoms with Crippen molar-refractivity contribution in [1.82, 2.24) is 10.4 Å². The van der Waals surface area contributed by atoms with Crippen LogP contribution in [-0.4, -0.2) is 23.1 Å². The molecular formula is C15H30N2. The highest BCUT2D eigenvalue weighted by molar-refractivity contribution is 4.83. The van der Waals surface area contributed by atoms with E-state index in [1.165, 1.54) is 51.4 Å². The first-order valence-corrected chi connectivity index (χ1v) is 7.77. The average Bonchev–Trinajstić information content (AvgIpc) is 2.34. The summed E-state index contributed by atoms with van der Waals surface area (Å²) in [5.74, 6) is 0.907. The van der Waals surface area contributed by atoms with Crippen LogP contribution in [0.3, 0.4) is 0 Å². The van der Waals surface area contributed by atoms with Crippen LogP contribution in [0.15, 0.2) is 0 Å². The maximum atomic E-state index is 3.89. The zero-order chi connectivity index (χ0) is 12.3. The van der Waals surface area contributed by atoms with Gasteiger partial charge in [0.2, 0.25) is 0 Å². The summed E-state index contributed by atoms with van der Waals surface area (Å²) in [4.78, 5) is 0. The molecule has 0 radical (unpaired) electrons. The molecule has 2 heteroatoms. The summed E-state index contributed by atoms with van der Waals surface area (Å²) in [7, 11) is 0. The predicted octanol–water partition coefficient (Wildman–Crippen LogP) is 3.72. The van der Waals surface area contributed by atoms with Crippen molar-refractivity contribution in [2.45, 2.75) is 90.3 Å². The zero-order valence-electron chi connectivity index (χ0n) is 11.9. The first-order valence-electron chi connectivity index (χ1n) is 7.77. The first-order chi connectivity index (χ1) is 8.22. The van der Waals surface area contributed by atoms with Gasteiger partial charge in [0.1, 0.15) is 0 Å². The minimum Gasteiger partial charge on any atom is -0.251 e. The standard InChI is InChI=1S/C15H30N2/c1-4-14-10-5-6-11-15(14)16-17-12(2)8-7-9-13(17)3/h12-16H,4-11H2,1-3H3. The van der Waals surface area contributed by atoms with Crippen LogP contribution < -0.4 is 5.43 Å². The van der Waals surface area contributed by atoms with Crippen molar-refractivity contribution in [2.75, 3.05) is 0 Å². The lowest BCUT2D eigenvalue weighted by atomic mass is 9.83. The van der Waals surface area contributed by atoms with E-state index in [-0.39, 0.29) is 0 Å². The third-order valence-electron chi connectivity index (χ3n) is 4.94. The average molecular weight is 238 g/mol. The highest BCUT2D eigenvalue weighted by atomic mass is 15.5.